The summed E-state index contributed by atoms with van der Waals surface area (Å²) in [4.78, 5) is 15.1. The summed E-state index contributed by atoms with van der Waals surface area (Å²) in [6.07, 6.45) is -17.2. The predicted octanol–water partition coefficient (Wildman–Crippen LogP) is 4.08. The zero-order valence-electron chi connectivity index (χ0n) is 17.6. The number of likely N-dealkylation sites (tertiary alicyclic amines) is 2. The Kier molecular flexibility index (Phi) is 6.06. The number of benzene rings is 1. The van der Waals surface area contributed by atoms with Gasteiger partial charge in [0.25, 0.3) is 6.10 Å². The Balaban J connectivity index is 1.34. The van der Waals surface area contributed by atoms with Crippen LogP contribution in [-0.2, 0) is 18.3 Å². The van der Waals surface area contributed by atoms with E-state index in [4.69, 9.17) is 0 Å². The second-order valence-electron chi connectivity index (χ2n) is 8.48. The van der Waals surface area contributed by atoms with E-state index in [0.29, 0.717) is 19.6 Å². The third-order valence-electron chi connectivity index (χ3n) is 6.07. The molecular formula is C21H22F6N4O2. The molecule has 1 amide bonds. The fourth-order valence-electron chi connectivity index (χ4n) is 4.50. The molecule has 4 rings (SSSR count). The highest BCUT2D eigenvalue weighted by molar-refractivity contribution is 5.68. The van der Waals surface area contributed by atoms with E-state index in [1.54, 1.807) is 4.68 Å². The molecule has 2 unspecified atom stereocenters. The van der Waals surface area contributed by atoms with Crippen LogP contribution in [0.25, 0.3) is 11.3 Å². The number of amides is 1. The largest absolute Gasteiger partial charge is 0.434 e. The molecule has 0 aliphatic carbocycles. The topological polar surface area (TPSA) is 50.6 Å². The first kappa shape index (κ1) is 23.4. The Morgan fingerprint density at radius 1 is 1.03 bits per heavy atom. The van der Waals surface area contributed by atoms with Crippen molar-refractivity contribution in [3.63, 3.8) is 0 Å². The number of fused-ring (bicyclic) bond motifs is 1. The molecule has 2 aliphatic heterocycles. The number of rotatable bonds is 4. The highest BCUT2D eigenvalue weighted by Crippen LogP contribution is 2.37. The van der Waals surface area contributed by atoms with Crippen LogP contribution in [0, 0.1) is 11.8 Å². The Bertz CT molecular complexity index is 963. The third-order valence-corrected chi connectivity index (χ3v) is 6.07. The molecule has 12 heteroatoms. The van der Waals surface area contributed by atoms with Crippen LogP contribution < -0.4 is 0 Å². The molecule has 0 N–H and O–H groups in total. The maximum atomic E-state index is 12.7. The average Bonchev–Trinajstić information content (AvgIpc) is 3.38. The monoisotopic (exact) mass is 476 g/mol. The number of carbonyl (C=O) groups excluding carboxylic acids is 1. The van der Waals surface area contributed by atoms with Crippen molar-refractivity contribution in [1.29, 1.82) is 0 Å². The number of hydrogen-bond acceptors (Lipinski definition) is 4. The normalized spacial score (nSPS) is 21.6. The zero-order chi connectivity index (χ0) is 24.0. The summed E-state index contributed by atoms with van der Waals surface area (Å²) in [7, 11) is 1.84. The molecule has 33 heavy (non-hydrogen) atoms. The molecule has 1 aromatic carbocycles. The second-order valence-corrected chi connectivity index (χ2v) is 8.48. The summed E-state index contributed by atoms with van der Waals surface area (Å²) in [6, 6.07) is 11.7. The van der Waals surface area contributed by atoms with E-state index >= 15 is 0 Å². The van der Waals surface area contributed by atoms with Gasteiger partial charge in [-0.05, 0) is 17.9 Å². The summed E-state index contributed by atoms with van der Waals surface area (Å²) in [6.45, 7) is 1.86. The minimum atomic E-state index is -5.72. The van der Waals surface area contributed by atoms with Gasteiger partial charge in [0.2, 0.25) is 0 Å². The van der Waals surface area contributed by atoms with E-state index in [2.05, 4.69) is 14.7 Å². The Hall–Kier alpha value is -2.76. The first-order valence-corrected chi connectivity index (χ1v) is 10.3. The van der Waals surface area contributed by atoms with E-state index in [1.807, 2.05) is 43.4 Å². The third kappa shape index (κ3) is 5.10. The van der Waals surface area contributed by atoms with Gasteiger partial charge in [0.05, 0.1) is 11.4 Å². The lowest BCUT2D eigenvalue weighted by atomic mass is 10.0. The highest BCUT2D eigenvalue weighted by Gasteiger charge is 2.60. The first-order valence-electron chi connectivity index (χ1n) is 10.3. The number of hydrogen-bond donors (Lipinski definition) is 0. The van der Waals surface area contributed by atoms with Crippen molar-refractivity contribution < 1.29 is 35.9 Å². The lowest BCUT2D eigenvalue weighted by Gasteiger charge is -2.26. The van der Waals surface area contributed by atoms with E-state index in [1.165, 1.54) is 0 Å². The van der Waals surface area contributed by atoms with Gasteiger partial charge in [-0.2, -0.15) is 31.4 Å². The van der Waals surface area contributed by atoms with Gasteiger partial charge in [-0.15, -0.1) is 0 Å². The van der Waals surface area contributed by atoms with Gasteiger partial charge in [0.15, 0.2) is 0 Å². The Morgan fingerprint density at radius 2 is 1.61 bits per heavy atom. The molecule has 2 atom stereocenters. The van der Waals surface area contributed by atoms with E-state index in [-0.39, 0.29) is 24.9 Å². The highest BCUT2D eigenvalue weighted by atomic mass is 19.4. The smallest absolute Gasteiger partial charge is 0.426 e. The summed E-state index contributed by atoms with van der Waals surface area (Å²) in [5.74, 6) is -0.0933. The van der Waals surface area contributed by atoms with Crippen molar-refractivity contribution in [2.24, 2.45) is 18.9 Å². The zero-order valence-corrected chi connectivity index (χ0v) is 17.6. The maximum absolute atomic E-state index is 12.7. The SMILES string of the molecule is Cn1nc(-c2ccccc2)cc1CN1CC2CN(C(=O)OC(C(F)(F)F)C(F)(F)F)CC2C1. The molecule has 2 saturated heterocycles. The van der Waals surface area contributed by atoms with Crippen LogP contribution in [0.3, 0.4) is 0 Å². The minimum Gasteiger partial charge on any atom is -0.426 e. The second kappa shape index (κ2) is 8.54. The number of halogens is 6. The Labute approximate surface area is 185 Å². The van der Waals surface area contributed by atoms with Gasteiger partial charge < -0.3 is 9.64 Å². The molecule has 0 saturated carbocycles. The number of carbonyl (C=O) groups is 1. The molecule has 6 nitrogen and oxygen atoms in total. The van der Waals surface area contributed by atoms with Gasteiger partial charge in [-0.1, -0.05) is 30.3 Å². The summed E-state index contributed by atoms with van der Waals surface area (Å²) >= 11 is 0. The van der Waals surface area contributed by atoms with Crippen molar-refractivity contribution in [2.45, 2.75) is 25.0 Å². The number of ether oxygens (including phenoxy) is 1. The van der Waals surface area contributed by atoms with Crippen molar-refractivity contribution in [3.8, 4) is 11.3 Å². The summed E-state index contributed by atoms with van der Waals surface area (Å²) in [5, 5.41) is 4.53. The first-order chi connectivity index (χ1) is 15.4. The number of alkyl halides is 6. The summed E-state index contributed by atoms with van der Waals surface area (Å²) in [5.41, 5.74) is 2.80. The van der Waals surface area contributed by atoms with Crippen LogP contribution in [-0.4, -0.2) is 70.3 Å². The van der Waals surface area contributed by atoms with Crippen LogP contribution in [0.4, 0.5) is 31.1 Å². The molecule has 3 heterocycles. The van der Waals surface area contributed by atoms with Gasteiger partial charge in [-0.3, -0.25) is 9.58 Å². The van der Waals surface area contributed by atoms with Crippen molar-refractivity contribution >= 4 is 6.09 Å². The van der Waals surface area contributed by atoms with Crippen molar-refractivity contribution in [2.75, 3.05) is 26.2 Å². The van der Waals surface area contributed by atoms with Crippen LogP contribution in [0.1, 0.15) is 5.69 Å². The van der Waals surface area contributed by atoms with Crippen LogP contribution in [0.2, 0.25) is 0 Å². The minimum absolute atomic E-state index is 0.0467. The molecular weight excluding hydrogens is 454 g/mol. The van der Waals surface area contributed by atoms with E-state index in [0.717, 1.165) is 21.9 Å². The average molecular weight is 476 g/mol. The summed E-state index contributed by atoms with van der Waals surface area (Å²) < 4.78 is 81.6. The fourth-order valence-corrected chi connectivity index (χ4v) is 4.50. The fraction of sp³-hybridized carbons (Fsp3) is 0.524. The lowest BCUT2D eigenvalue weighted by Crippen LogP contribution is -2.48. The maximum Gasteiger partial charge on any atom is 0.434 e. The lowest BCUT2D eigenvalue weighted by molar-refractivity contribution is -0.308. The molecule has 2 aromatic rings. The van der Waals surface area contributed by atoms with Gasteiger partial charge in [-0.25, -0.2) is 4.79 Å². The standard InChI is InChI=1S/C21H22F6N4O2/c1-29-16(7-17(28-29)13-5-3-2-4-6-13)12-30-8-14-10-31(11-15(14)9-30)19(32)33-18(20(22,23)24)21(25,26)27/h2-7,14-15,18H,8-12H2,1H3. The van der Waals surface area contributed by atoms with Gasteiger partial charge in [0, 0.05) is 45.3 Å². The van der Waals surface area contributed by atoms with Crippen LogP contribution in [0.15, 0.2) is 36.4 Å². The molecule has 2 fully saturated rings. The molecule has 0 spiro atoms. The quantitative estimate of drug-likeness (QED) is 0.625. The number of aromatic nitrogens is 2. The molecule has 0 bridgehead atoms. The number of nitrogens with zero attached hydrogens (tertiary/aromatic N) is 4. The number of aryl methyl sites for hydroxylation is 1. The molecule has 180 valence electrons. The van der Waals surface area contributed by atoms with Gasteiger partial charge >= 0.3 is 18.4 Å². The van der Waals surface area contributed by atoms with Gasteiger partial charge in [0.1, 0.15) is 0 Å². The van der Waals surface area contributed by atoms with E-state index < -0.39 is 24.5 Å². The van der Waals surface area contributed by atoms with Crippen molar-refractivity contribution in [3.05, 3.63) is 42.1 Å². The van der Waals surface area contributed by atoms with Crippen molar-refractivity contribution in [1.82, 2.24) is 19.6 Å². The predicted molar refractivity (Wildman–Crippen MR) is 105 cm³/mol. The molecule has 1 aromatic heterocycles. The molecule has 2 aliphatic rings. The van der Waals surface area contributed by atoms with E-state index in [9.17, 15) is 31.1 Å². The van der Waals surface area contributed by atoms with Crippen LogP contribution >= 0.6 is 0 Å². The molecule has 0 radical (unpaired) electrons. The van der Waals surface area contributed by atoms with Crippen LogP contribution in [0.5, 0.6) is 0 Å². The Morgan fingerprint density at radius 3 is 2.15 bits per heavy atom.